The second kappa shape index (κ2) is 5.14. The Kier molecular flexibility index (Phi) is 4.07. The lowest BCUT2D eigenvalue weighted by atomic mass is 10.1. The van der Waals surface area contributed by atoms with E-state index in [0.717, 1.165) is 0 Å². The van der Waals surface area contributed by atoms with Crippen LogP contribution in [0.5, 0.6) is 5.75 Å². The largest absolute Gasteiger partial charge is 0.491 e. The summed E-state index contributed by atoms with van der Waals surface area (Å²) in [6.07, 6.45) is 2.81. The van der Waals surface area contributed by atoms with Crippen molar-refractivity contribution in [2.45, 2.75) is 19.4 Å². The number of pyridine rings is 1. The molecule has 0 bridgehead atoms. The van der Waals surface area contributed by atoms with Gasteiger partial charge in [-0.05, 0) is 34.0 Å². The number of carboxylic acid groups (broad SMARTS) is 1. The standard InChI is InChI=1S/C12H18N2O3/c1-12(2,14(3)4)8-17-10-5-6-13-7-9(10)11(15)16/h5-7H,8H2,1-4H3,(H,15,16). The molecular formula is C12H18N2O3. The van der Waals surface area contributed by atoms with E-state index in [9.17, 15) is 4.79 Å². The van der Waals surface area contributed by atoms with Crippen LogP contribution in [0.25, 0.3) is 0 Å². The number of hydrogen-bond donors (Lipinski definition) is 1. The molecule has 0 saturated heterocycles. The second-order valence-electron chi connectivity index (χ2n) is 4.67. The highest BCUT2D eigenvalue weighted by Gasteiger charge is 2.22. The van der Waals surface area contributed by atoms with Crippen molar-refractivity contribution in [2.24, 2.45) is 0 Å². The Balaban J connectivity index is 2.79. The number of aromatic nitrogens is 1. The first kappa shape index (κ1) is 13.4. The highest BCUT2D eigenvalue weighted by molar-refractivity contribution is 5.90. The third kappa shape index (κ3) is 3.42. The van der Waals surface area contributed by atoms with Crippen molar-refractivity contribution in [3.63, 3.8) is 0 Å². The van der Waals surface area contributed by atoms with Crippen LogP contribution in [-0.4, -0.2) is 47.2 Å². The Bertz CT molecular complexity index is 402. The van der Waals surface area contributed by atoms with Gasteiger partial charge >= 0.3 is 5.97 Å². The van der Waals surface area contributed by atoms with Crippen LogP contribution < -0.4 is 4.74 Å². The van der Waals surface area contributed by atoms with Crippen LogP contribution in [0.2, 0.25) is 0 Å². The zero-order chi connectivity index (χ0) is 13.1. The topological polar surface area (TPSA) is 62.7 Å². The molecule has 1 rings (SSSR count). The van der Waals surface area contributed by atoms with Gasteiger partial charge in [0.15, 0.2) is 0 Å². The van der Waals surface area contributed by atoms with E-state index in [-0.39, 0.29) is 11.1 Å². The molecule has 1 heterocycles. The van der Waals surface area contributed by atoms with Crippen molar-refractivity contribution in [1.82, 2.24) is 9.88 Å². The summed E-state index contributed by atoms with van der Waals surface area (Å²) in [6, 6.07) is 1.56. The van der Waals surface area contributed by atoms with Crippen LogP contribution in [0.4, 0.5) is 0 Å². The zero-order valence-electron chi connectivity index (χ0n) is 10.6. The molecule has 0 unspecified atom stereocenters. The Morgan fingerprint density at radius 3 is 2.71 bits per heavy atom. The summed E-state index contributed by atoms with van der Waals surface area (Å²) in [4.78, 5) is 16.7. The molecule has 5 nitrogen and oxygen atoms in total. The van der Waals surface area contributed by atoms with E-state index in [1.807, 2.05) is 32.8 Å². The molecule has 0 aliphatic rings. The number of aromatic carboxylic acids is 1. The number of rotatable bonds is 5. The van der Waals surface area contributed by atoms with Gasteiger partial charge in [-0.15, -0.1) is 0 Å². The van der Waals surface area contributed by atoms with E-state index >= 15 is 0 Å². The average molecular weight is 238 g/mol. The third-order valence-corrected chi connectivity index (χ3v) is 2.80. The van der Waals surface area contributed by atoms with E-state index < -0.39 is 5.97 Å². The highest BCUT2D eigenvalue weighted by atomic mass is 16.5. The summed E-state index contributed by atoms with van der Waals surface area (Å²) < 4.78 is 5.56. The molecule has 0 aromatic carbocycles. The van der Waals surface area contributed by atoms with Gasteiger partial charge in [-0.3, -0.25) is 4.98 Å². The first-order valence-corrected chi connectivity index (χ1v) is 5.32. The van der Waals surface area contributed by atoms with E-state index in [4.69, 9.17) is 9.84 Å². The lowest BCUT2D eigenvalue weighted by molar-refractivity contribution is 0.0683. The maximum atomic E-state index is 10.9. The molecule has 0 aliphatic heterocycles. The molecule has 17 heavy (non-hydrogen) atoms. The molecule has 94 valence electrons. The van der Waals surface area contributed by atoms with Crippen LogP contribution >= 0.6 is 0 Å². The van der Waals surface area contributed by atoms with Crippen molar-refractivity contribution in [1.29, 1.82) is 0 Å². The minimum atomic E-state index is -1.03. The van der Waals surface area contributed by atoms with Gasteiger partial charge in [0.25, 0.3) is 0 Å². The van der Waals surface area contributed by atoms with Crippen LogP contribution in [0, 0.1) is 0 Å². The van der Waals surface area contributed by atoms with Gasteiger partial charge in [-0.25, -0.2) is 4.79 Å². The van der Waals surface area contributed by atoms with Crippen molar-refractivity contribution < 1.29 is 14.6 Å². The lowest BCUT2D eigenvalue weighted by Crippen LogP contribution is -2.43. The molecule has 0 fully saturated rings. The summed E-state index contributed by atoms with van der Waals surface area (Å²) in [7, 11) is 3.90. The number of carboxylic acids is 1. The predicted molar refractivity (Wildman–Crippen MR) is 64.5 cm³/mol. The first-order valence-electron chi connectivity index (χ1n) is 5.32. The molecule has 0 aliphatic carbocycles. The van der Waals surface area contributed by atoms with E-state index in [0.29, 0.717) is 12.4 Å². The fraction of sp³-hybridized carbons (Fsp3) is 0.500. The molecule has 1 aromatic rings. The molecule has 5 heteroatoms. The summed E-state index contributed by atoms with van der Waals surface area (Å²) in [5, 5.41) is 8.97. The van der Waals surface area contributed by atoms with Gasteiger partial charge in [0, 0.05) is 17.9 Å². The van der Waals surface area contributed by atoms with Crippen LogP contribution in [0.1, 0.15) is 24.2 Å². The highest BCUT2D eigenvalue weighted by Crippen LogP contribution is 2.19. The van der Waals surface area contributed by atoms with Gasteiger partial charge in [0.2, 0.25) is 0 Å². The summed E-state index contributed by atoms with van der Waals surface area (Å²) in [5.74, 6) is -0.682. The Hall–Kier alpha value is -1.62. The molecule has 0 radical (unpaired) electrons. The zero-order valence-corrected chi connectivity index (χ0v) is 10.6. The Morgan fingerprint density at radius 1 is 1.53 bits per heavy atom. The average Bonchev–Trinajstić information content (AvgIpc) is 2.26. The molecule has 0 saturated carbocycles. The second-order valence-corrected chi connectivity index (χ2v) is 4.67. The van der Waals surface area contributed by atoms with Gasteiger partial charge < -0.3 is 14.7 Å². The molecular weight excluding hydrogens is 220 g/mol. The predicted octanol–water partition coefficient (Wildman–Crippen LogP) is 1.50. The third-order valence-electron chi connectivity index (χ3n) is 2.80. The van der Waals surface area contributed by atoms with E-state index in [2.05, 4.69) is 4.98 Å². The fourth-order valence-corrected chi connectivity index (χ4v) is 1.05. The van der Waals surface area contributed by atoms with Gasteiger partial charge in [-0.1, -0.05) is 0 Å². The van der Waals surface area contributed by atoms with Gasteiger partial charge in [-0.2, -0.15) is 0 Å². The Labute approximate surface area is 101 Å². The minimum Gasteiger partial charge on any atom is -0.491 e. The van der Waals surface area contributed by atoms with Crippen LogP contribution in [-0.2, 0) is 0 Å². The monoisotopic (exact) mass is 238 g/mol. The summed E-state index contributed by atoms with van der Waals surface area (Å²) in [6.45, 7) is 4.45. The minimum absolute atomic E-state index is 0.0852. The Morgan fingerprint density at radius 2 is 2.18 bits per heavy atom. The van der Waals surface area contributed by atoms with Crippen molar-refractivity contribution in [2.75, 3.05) is 20.7 Å². The fourth-order valence-electron chi connectivity index (χ4n) is 1.05. The molecule has 0 amide bonds. The SMILES string of the molecule is CN(C)C(C)(C)COc1ccncc1C(=O)O. The molecule has 1 aromatic heterocycles. The number of ether oxygens (including phenoxy) is 1. The normalized spacial score (nSPS) is 11.6. The quantitative estimate of drug-likeness (QED) is 0.842. The van der Waals surface area contributed by atoms with Crippen molar-refractivity contribution >= 4 is 5.97 Å². The first-order chi connectivity index (χ1) is 7.84. The van der Waals surface area contributed by atoms with Gasteiger partial charge in [0.05, 0.1) is 0 Å². The van der Waals surface area contributed by atoms with Crippen molar-refractivity contribution in [3.8, 4) is 5.75 Å². The summed E-state index contributed by atoms with van der Waals surface area (Å²) >= 11 is 0. The maximum absolute atomic E-state index is 10.9. The van der Waals surface area contributed by atoms with E-state index in [1.165, 1.54) is 12.4 Å². The number of hydrogen-bond acceptors (Lipinski definition) is 4. The number of likely N-dealkylation sites (N-methyl/N-ethyl adjacent to an activating group) is 1. The van der Waals surface area contributed by atoms with Gasteiger partial charge in [0.1, 0.15) is 17.9 Å². The number of carbonyl (C=O) groups is 1. The smallest absolute Gasteiger partial charge is 0.341 e. The number of nitrogens with zero attached hydrogens (tertiary/aromatic N) is 2. The van der Waals surface area contributed by atoms with Crippen molar-refractivity contribution in [3.05, 3.63) is 24.0 Å². The van der Waals surface area contributed by atoms with Crippen LogP contribution in [0.15, 0.2) is 18.5 Å². The lowest BCUT2D eigenvalue weighted by Gasteiger charge is -2.32. The van der Waals surface area contributed by atoms with Crippen LogP contribution in [0.3, 0.4) is 0 Å². The molecule has 0 atom stereocenters. The molecule has 1 N–H and O–H groups in total. The van der Waals surface area contributed by atoms with E-state index in [1.54, 1.807) is 6.07 Å². The summed E-state index contributed by atoms with van der Waals surface area (Å²) in [5.41, 5.74) is -0.0824. The maximum Gasteiger partial charge on any atom is 0.341 e. The molecule has 0 spiro atoms.